The van der Waals surface area contributed by atoms with Crippen LogP contribution in [-0.2, 0) is 4.79 Å². The normalized spacial score (nSPS) is 15.7. The largest absolute Gasteiger partial charge is 0.494 e. The second-order valence-corrected chi connectivity index (χ2v) is 7.37. The van der Waals surface area contributed by atoms with Gasteiger partial charge in [-0.2, -0.15) is 0 Å². The first-order chi connectivity index (χ1) is 14.5. The van der Waals surface area contributed by atoms with Crippen molar-refractivity contribution in [1.82, 2.24) is 5.32 Å². The van der Waals surface area contributed by atoms with Gasteiger partial charge in [-0.05, 0) is 66.7 Å². The number of benzene rings is 2. The number of hydrogen-bond acceptors (Lipinski definition) is 6. The lowest BCUT2D eigenvalue weighted by Crippen LogP contribution is -2.19. The number of amidine groups is 1. The molecule has 0 aliphatic carbocycles. The lowest BCUT2D eigenvalue weighted by molar-refractivity contribution is -0.115. The Hall–Kier alpha value is -3.08. The molecule has 30 heavy (non-hydrogen) atoms. The number of nitrogens with zero attached hydrogens (tertiary/aromatic N) is 1. The average Bonchev–Trinajstić information content (AvgIpc) is 3.07. The van der Waals surface area contributed by atoms with Gasteiger partial charge in [0.25, 0.3) is 5.91 Å². The molecular weight excluding hydrogens is 424 g/mol. The van der Waals surface area contributed by atoms with E-state index in [0.717, 1.165) is 5.75 Å². The van der Waals surface area contributed by atoms with E-state index in [-0.39, 0.29) is 12.5 Å². The zero-order valence-electron chi connectivity index (χ0n) is 16.4. The van der Waals surface area contributed by atoms with E-state index in [0.29, 0.717) is 44.5 Å². The molecule has 0 saturated carbocycles. The minimum absolute atomic E-state index is 0.0696. The van der Waals surface area contributed by atoms with Crippen molar-refractivity contribution in [3.63, 3.8) is 0 Å². The molecule has 6 nitrogen and oxygen atoms in total. The first-order valence-electron chi connectivity index (χ1n) is 9.00. The smallest absolute Gasteiger partial charge is 0.264 e. The molecule has 8 heteroatoms. The molecule has 0 bridgehead atoms. The van der Waals surface area contributed by atoms with E-state index >= 15 is 0 Å². The fraction of sp³-hybridized carbons (Fsp3) is 0.182. The number of methoxy groups -OCH3 is 1. The van der Waals surface area contributed by atoms with E-state index in [1.54, 1.807) is 18.2 Å². The zero-order chi connectivity index (χ0) is 21.5. The molecule has 2 aromatic carbocycles. The highest BCUT2D eigenvalue weighted by atomic mass is 35.5. The summed E-state index contributed by atoms with van der Waals surface area (Å²) in [5.74, 6) is 3.70. The van der Waals surface area contributed by atoms with Gasteiger partial charge >= 0.3 is 0 Å². The average molecular weight is 443 g/mol. The zero-order valence-corrected chi connectivity index (χ0v) is 18.0. The number of amides is 1. The number of terminal acetylenes is 1. The molecule has 1 saturated heterocycles. The van der Waals surface area contributed by atoms with Crippen LogP contribution in [0.3, 0.4) is 0 Å². The number of nitrogens with one attached hydrogen (secondary N) is 1. The van der Waals surface area contributed by atoms with Gasteiger partial charge in [-0.3, -0.25) is 4.79 Å². The van der Waals surface area contributed by atoms with E-state index in [1.807, 2.05) is 31.2 Å². The summed E-state index contributed by atoms with van der Waals surface area (Å²) in [5, 5.41) is 3.58. The molecule has 1 aliphatic heterocycles. The number of carbonyl (C=O) groups excluding carboxylic acids is 1. The topological polar surface area (TPSA) is 69.2 Å². The van der Waals surface area contributed by atoms with Crippen LogP contribution >= 0.6 is 23.4 Å². The van der Waals surface area contributed by atoms with Crippen LogP contribution in [0.2, 0.25) is 5.02 Å². The van der Waals surface area contributed by atoms with Gasteiger partial charge in [0.15, 0.2) is 16.7 Å². The Balaban J connectivity index is 1.80. The van der Waals surface area contributed by atoms with Crippen LogP contribution in [0.5, 0.6) is 17.2 Å². The summed E-state index contributed by atoms with van der Waals surface area (Å²) in [6, 6.07) is 10.7. The fourth-order valence-electron chi connectivity index (χ4n) is 2.61. The molecule has 3 rings (SSSR count). The Morgan fingerprint density at radius 3 is 2.70 bits per heavy atom. The van der Waals surface area contributed by atoms with E-state index in [2.05, 4.69) is 16.2 Å². The van der Waals surface area contributed by atoms with Crippen molar-refractivity contribution >= 4 is 46.2 Å². The van der Waals surface area contributed by atoms with Crippen molar-refractivity contribution in [1.29, 1.82) is 0 Å². The van der Waals surface area contributed by atoms with Gasteiger partial charge in [0, 0.05) is 0 Å². The maximum absolute atomic E-state index is 12.4. The Labute approximate surface area is 184 Å². The summed E-state index contributed by atoms with van der Waals surface area (Å²) >= 11 is 7.54. The van der Waals surface area contributed by atoms with Crippen molar-refractivity contribution in [2.24, 2.45) is 4.99 Å². The highest BCUT2D eigenvalue weighted by Gasteiger charge is 2.24. The number of ether oxygens (including phenoxy) is 3. The number of hydrogen-bond donors (Lipinski definition) is 1. The molecule has 0 radical (unpaired) electrons. The standard InChI is InChI=1S/C22H19ClN2O4S/c1-4-10-29-20-17(23)11-14(12-18(20)27-3)13-19-21(26)25-22(30-19)24-15-6-8-16(9-7-15)28-5-2/h1,6-9,11-13H,5,10H2,2-3H3,(H,24,25,26)/b19-13+. The predicted octanol–water partition coefficient (Wildman–Crippen LogP) is 4.65. The van der Waals surface area contributed by atoms with Crippen molar-refractivity contribution in [2.75, 3.05) is 20.3 Å². The van der Waals surface area contributed by atoms with Crippen LogP contribution in [-0.4, -0.2) is 31.4 Å². The first-order valence-corrected chi connectivity index (χ1v) is 10.2. The van der Waals surface area contributed by atoms with Crippen molar-refractivity contribution in [3.05, 3.63) is 51.9 Å². The quantitative estimate of drug-likeness (QED) is 0.499. The number of rotatable bonds is 7. The third-order valence-electron chi connectivity index (χ3n) is 3.88. The van der Waals surface area contributed by atoms with Gasteiger partial charge in [-0.1, -0.05) is 17.5 Å². The van der Waals surface area contributed by atoms with Crippen LogP contribution in [0.15, 0.2) is 46.3 Å². The Kier molecular flexibility index (Phi) is 7.28. The summed E-state index contributed by atoms with van der Waals surface area (Å²) in [6.07, 6.45) is 6.94. The molecule has 1 fully saturated rings. The molecule has 1 N–H and O–H groups in total. The molecule has 1 aliphatic rings. The van der Waals surface area contributed by atoms with Gasteiger partial charge in [-0.15, -0.1) is 6.42 Å². The second-order valence-electron chi connectivity index (χ2n) is 5.94. The third kappa shape index (κ3) is 5.29. The molecule has 1 heterocycles. The molecular formula is C22H19ClN2O4S. The Bertz CT molecular complexity index is 1040. The summed E-state index contributed by atoms with van der Waals surface area (Å²) in [5.41, 5.74) is 1.40. The molecule has 154 valence electrons. The molecule has 0 atom stereocenters. The maximum Gasteiger partial charge on any atom is 0.264 e. The summed E-state index contributed by atoms with van der Waals surface area (Å²) in [4.78, 5) is 17.3. The molecule has 1 amide bonds. The van der Waals surface area contributed by atoms with Crippen LogP contribution in [0.1, 0.15) is 12.5 Å². The summed E-state index contributed by atoms with van der Waals surface area (Å²) in [7, 11) is 1.50. The SMILES string of the molecule is C#CCOc1c(Cl)cc(/C=C2/SC(=Nc3ccc(OCC)cc3)NC2=O)cc1OC. The van der Waals surface area contributed by atoms with Crippen LogP contribution in [0, 0.1) is 12.3 Å². The highest BCUT2D eigenvalue weighted by Crippen LogP contribution is 2.38. The predicted molar refractivity (Wildman–Crippen MR) is 121 cm³/mol. The van der Waals surface area contributed by atoms with Crippen LogP contribution in [0.4, 0.5) is 5.69 Å². The lowest BCUT2D eigenvalue weighted by Gasteiger charge is -2.11. The fourth-order valence-corrected chi connectivity index (χ4v) is 3.73. The third-order valence-corrected chi connectivity index (χ3v) is 5.07. The second kappa shape index (κ2) is 10.1. The van der Waals surface area contributed by atoms with Gasteiger partial charge in [-0.25, -0.2) is 4.99 Å². The number of carbonyl (C=O) groups is 1. The van der Waals surface area contributed by atoms with Gasteiger partial charge in [0.2, 0.25) is 0 Å². The minimum Gasteiger partial charge on any atom is -0.494 e. The number of halogens is 1. The minimum atomic E-state index is -0.243. The van der Waals surface area contributed by atoms with Crippen molar-refractivity contribution in [2.45, 2.75) is 6.92 Å². The number of aliphatic imine (C=N–C) groups is 1. The molecule has 0 unspecified atom stereocenters. The molecule has 0 aromatic heterocycles. The maximum atomic E-state index is 12.4. The summed E-state index contributed by atoms with van der Waals surface area (Å²) in [6.45, 7) is 2.59. The first kappa shape index (κ1) is 21.6. The van der Waals surface area contributed by atoms with Crippen molar-refractivity contribution < 1.29 is 19.0 Å². The number of thioether (sulfide) groups is 1. The van der Waals surface area contributed by atoms with E-state index in [9.17, 15) is 4.79 Å². The van der Waals surface area contributed by atoms with E-state index in [4.69, 9.17) is 32.2 Å². The van der Waals surface area contributed by atoms with Gasteiger partial charge in [0.1, 0.15) is 12.4 Å². The molecule has 0 spiro atoms. The summed E-state index contributed by atoms with van der Waals surface area (Å²) < 4.78 is 16.2. The van der Waals surface area contributed by atoms with E-state index < -0.39 is 0 Å². The van der Waals surface area contributed by atoms with Gasteiger partial charge < -0.3 is 19.5 Å². The van der Waals surface area contributed by atoms with Crippen LogP contribution in [0.25, 0.3) is 6.08 Å². The van der Waals surface area contributed by atoms with Crippen LogP contribution < -0.4 is 19.5 Å². The monoisotopic (exact) mass is 442 g/mol. The lowest BCUT2D eigenvalue weighted by atomic mass is 10.2. The van der Waals surface area contributed by atoms with Gasteiger partial charge in [0.05, 0.1) is 29.3 Å². The Morgan fingerprint density at radius 1 is 1.27 bits per heavy atom. The highest BCUT2D eigenvalue weighted by molar-refractivity contribution is 8.18. The van der Waals surface area contributed by atoms with E-state index in [1.165, 1.54) is 18.9 Å². The molecule has 2 aromatic rings. The van der Waals surface area contributed by atoms with Crippen molar-refractivity contribution in [3.8, 4) is 29.6 Å². The Morgan fingerprint density at radius 2 is 2.03 bits per heavy atom.